The van der Waals surface area contributed by atoms with Gasteiger partial charge in [-0.3, -0.25) is 14.9 Å². The fraction of sp³-hybridized carbons (Fsp3) is 0.118. The van der Waals surface area contributed by atoms with Crippen LogP contribution in [0.4, 0.5) is 10.5 Å². The summed E-state index contributed by atoms with van der Waals surface area (Å²) in [6, 6.07) is 9.58. The summed E-state index contributed by atoms with van der Waals surface area (Å²) in [4.78, 5) is 37.9. The van der Waals surface area contributed by atoms with Gasteiger partial charge in [-0.15, -0.1) is 0 Å². The molecular formula is C17H14BrN3O3. The van der Waals surface area contributed by atoms with E-state index >= 15 is 0 Å². The number of urea groups is 1. The number of carbonyl (C=O) groups excluding carboxylic acids is 3. The van der Waals surface area contributed by atoms with E-state index in [2.05, 4.69) is 21.2 Å². The third-order valence-electron chi connectivity index (χ3n) is 3.68. The van der Waals surface area contributed by atoms with Crippen molar-refractivity contribution in [2.45, 2.75) is 13.5 Å². The van der Waals surface area contributed by atoms with Crippen LogP contribution in [0.2, 0.25) is 0 Å². The molecule has 0 spiro atoms. The second kappa shape index (κ2) is 6.45. The number of carbonyl (C=O) groups is 3. The van der Waals surface area contributed by atoms with Crippen molar-refractivity contribution in [3.8, 4) is 0 Å². The maximum Gasteiger partial charge on any atom is 0.335 e. The van der Waals surface area contributed by atoms with Crippen LogP contribution in [0.25, 0.3) is 6.08 Å². The van der Waals surface area contributed by atoms with Crippen molar-refractivity contribution >= 4 is 45.5 Å². The molecule has 1 aromatic carbocycles. The summed E-state index contributed by atoms with van der Waals surface area (Å²) < 4.78 is 2.72. The summed E-state index contributed by atoms with van der Waals surface area (Å²) in [5, 5.41) is 2.21. The molecule has 122 valence electrons. The van der Waals surface area contributed by atoms with E-state index < -0.39 is 17.8 Å². The van der Waals surface area contributed by atoms with Gasteiger partial charge in [-0.25, -0.2) is 9.69 Å². The first-order valence-electron chi connectivity index (χ1n) is 7.33. The standard InChI is InChI=1S/C17H14BrN3O3/c1-2-20-9-3-4-13(20)10-14-15(22)19-17(24)21(16(14)23)12-7-5-11(18)6-8-12/h3-10H,2H2,1H3,(H,19,22,24)/b14-10+. The fourth-order valence-electron chi connectivity index (χ4n) is 2.48. The van der Waals surface area contributed by atoms with Crippen molar-refractivity contribution in [3.05, 3.63) is 58.3 Å². The Kier molecular flexibility index (Phi) is 4.35. The Balaban J connectivity index is 2.01. The van der Waals surface area contributed by atoms with Crippen LogP contribution < -0.4 is 10.2 Å². The molecule has 4 amide bonds. The van der Waals surface area contributed by atoms with Crippen LogP contribution in [0, 0.1) is 0 Å². The Labute approximate surface area is 146 Å². The van der Waals surface area contributed by atoms with E-state index in [1.807, 2.05) is 23.8 Å². The molecule has 0 radical (unpaired) electrons. The fourth-order valence-corrected chi connectivity index (χ4v) is 2.74. The number of imide groups is 2. The Hall–Kier alpha value is -2.67. The molecule has 24 heavy (non-hydrogen) atoms. The van der Waals surface area contributed by atoms with E-state index in [0.717, 1.165) is 15.1 Å². The van der Waals surface area contributed by atoms with E-state index in [1.165, 1.54) is 6.08 Å². The molecule has 1 aliphatic heterocycles. The lowest BCUT2D eigenvalue weighted by Gasteiger charge is -2.26. The topological polar surface area (TPSA) is 71.4 Å². The van der Waals surface area contributed by atoms with Crippen molar-refractivity contribution in [2.75, 3.05) is 4.90 Å². The van der Waals surface area contributed by atoms with Gasteiger partial charge in [0.25, 0.3) is 11.8 Å². The number of amides is 4. The normalized spacial score (nSPS) is 16.7. The molecule has 2 aromatic rings. The monoisotopic (exact) mass is 387 g/mol. The second-order valence-electron chi connectivity index (χ2n) is 5.15. The van der Waals surface area contributed by atoms with Crippen molar-refractivity contribution < 1.29 is 14.4 Å². The minimum atomic E-state index is -0.754. The Morgan fingerprint density at radius 3 is 2.50 bits per heavy atom. The van der Waals surface area contributed by atoms with Gasteiger partial charge >= 0.3 is 6.03 Å². The van der Waals surface area contributed by atoms with E-state index in [-0.39, 0.29) is 5.57 Å². The molecule has 3 rings (SSSR count). The lowest BCUT2D eigenvalue weighted by atomic mass is 10.1. The van der Waals surface area contributed by atoms with Crippen LogP contribution in [0.1, 0.15) is 12.6 Å². The SMILES string of the molecule is CCn1cccc1/C=C1\C(=O)NC(=O)N(c2ccc(Br)cc2)C1=O. The van der Waals surface area contributed by atoms with E-state index in [4.69, 9.17) is 0 Å². The molecule has 0 aliphatic carbocycles. The molecule has 1 fully saturated rings. The van der Waals surface area contributed by atoms with Crippen LogP contribution in [-0.2, 0) is 16.1 Å². The summed E-state index contributed by atoms with van der Waals surface area (Å²) in [6.45, 7) is 2.67. The summed E-state index contributed by atoms with van der Waals surface area (Å²) in [7, 11) is 0. The van der Waals surface area contributed by atoms with Crippen LogP contribution in [0.3, 0.4) is 0 Å². The highest BCUT2D eigenvalue weighted by molar-refractivity contribution is 9.10. The van der Waals surface area contributed by atoms with Crippen LogP contribution in [0.15, 0.2) is 52.6 Å². The number of halogens is 1. The number of rotatable bonds is 3. The molecule has 1 aliphatic rings. The van der Waals surface area contributed by atoms with Gasteiger partial charge in [0, 0.05) is 22.9 Å². The first kappa shape index (κ1) is 16.2. The largest absolute Gasteiger partial charge is 0.348 e. The summed E-state index contributed by atoms with van der Waals surface area (Å²) in [6.07, 6.45) is 3.36. The zero-order valence-electron chi connectivity index (χ0n) is 12.8. The number of aromatic nitrogens is 1. The molecule has 2 heterocycles. The van der Waals surface area contributed by atoms with Gasteiger partial charge in [-0.05, 0) is 49.4 Å². The van der Waals surface area contributed by atoms with Gasteiger partial charge in [0.2, 0.25) is 0 Å². The predicted molar refractivity (Wildman–Crippen MR) is 93.2 cm³/mol. The zero-order valence-corrected chi connectivity index (χ0v) is 14.4. The van der Waals surface area contributed by atoms with Crippen molar-refractivity contribution in [2.24, 2.45) is 0 Å². The minimum absolute atomic E-state index is 0.0779. The molecule has 0 saturated carbocycles. The van der Waals surface area contributed by atoms with Crippen LogP contribution in [0.5, 0.6) is 0 Å². The first-order chi connectivity index (χ1) is 11.5. The highest BCUT2D eigenvalue weighted by atomic mass is 79.9. The van der Waals surface area contributed by atoms with Crippen LogP contribution >= 0.6 is 15.9 Å². The quantitative estimate of drug-likeness (QED) is 0.649. The highest BCUT2D eigenvalue weighted by Gasteiger charge is 2.36. The summed E-state index contributed by atoms with van der Waals surface area (Å²) in [5.41, 5.74) is 1.04. The highest BCUT2D eigenvalue weighted by Crippen LogP contribution is 2.23. The molecule has 0 atom stereocenters. The molecule has 1 aromatic heterocycles. The summed E-state index contributed by atoms with van der Waals surface area (Å²) in [5.74, 6) is -1.34. The van der Waals surface area contributed by atoms with Gasteiger partial charge in [-0.1, -0.05) is 15.9 Å². The number of nitrogens with one attached hydrogen (secondary N) is 1. The Morgan fingerprint density at radius 1 is 1.12 bits per heavy atom. The molecule has 6 nitrogen and oxygen atoms in total. The summed E-state index contributed by atoms with van der Waals surface area (Å²) >= 11 is 3.30. The molecule has 0 unspecified atom stereocenters. The van der Waals surface area contributed by atoms with Gasteiger partial charge in [0.15, 0.2) is 0 Å². The number of benzene rings is 1. The first-order valence-corrected chi connectivity index (χ1v) is 8.12. The van der Waals surface area contributed by atoms with Crippen molar-refractivity contribution in [1.29, 1.82) is 0 Å². The smallest absolute Gasteiger partial charge is 0.335 e. The number of anilines is 1. The van der Waals surface area contributed by atoms with Crippen molar-refractivity contribution in [3.63, 3.8) is 0 Å². The third kappa shape index (κ3) is 2.90. The van der Waals surface area contributed by atoms with Crippen LogP contribution in [-0.4, -0.2) is 22.4 Å². The number of aryl methyl sites for hydroxylation is 1. The molecule has 7 heteroatoms. The maximum atomic E-state index is 12.7. The van der Waals surface area contributed by atoms with E-state index in [0.29, 0.717) is 12.2 Å². The number of hydrogen-bond acceptors (Lipinski definition) is 3. The van der Waals surface area contributed by atoms with Gasteiger partial charge in [0.05, 0.1) is 5.69 Å². The molecular weight excluding hydrogens is 374 g/mol. The number of nitrogens with zero attached hydrogens (tertiary/aromatic N) is 2. The maximum absolute atomic E-state index is 12.7. The third-order valence-corrected chi connectivity index (χ3v) is 4.21. The van der Waals surface area contributed by atoms with E-state index in [9.17, 15) is 14.4 Å². The lowest BCUT2D eigenvalue weighted by molar-refractivity contribution is -0.122. The lowest BCUT2D eigenvalue weighted by Crippen LogP contribution is -2.54. The Bertz CT molecular complexity index is 852. The minimum Gasteiger partial charge on any atom is -0.348 e. The van der Waals surface area contributed by atoms with Gasteiger partial charge < -0.3 is 4.57 Å². The Morgan fingerprint density at radius 2 is 1.83 bits per heavy atom. The molecule has 1 N–H and O–H groups in total. The number of hydrogen-bond donors (Lipinski definition) is 1. The van der Waals surface area contributed by atoms with Gasteiger partial charge in [-0.2, -0.15) is 0 Å². The average Bonchev–Trinajstić information content (AvgIpc) is 3.00. The average molecular weight is 388 g/mol. The number of barbiturate groups is 1. The van der Waals surface area contributed by atoms with Gasteiger partial charge in [0.1, 0.15) is 5.57 Å². The zero-order chi connectivity index (χ0) is 17.3. The van der Waals surface area contributed by atoms with E-state index in [1.54, 1.807) is 30.3 Å². The molecule has 0 bridgehead atoms. The van der Waals surface area contributed by atoms with Crippen molar-refractivity contribution in [1.82, 2.24) is 9.88 Å². The second-order valence-corrected chi connectivity index (χ2v) is 6.07. The predicted octanol–water partition coefficient (Wildman–Crippen LogP) is 2.94. The molecule has 1 saturated heterocycles.